The minimum Gasteiger partial charge on any atom is -0.494 e. The molecule has 220 valence electrons. The molecule has 40 heavy (non-hydrogen) atoms. The fourth-order valence-electron chi connectivity index (χ4n) is 5.62. The number of hydrogen-bond acceptors (Lipinski definition) is 6. The number of amides is 1. The maximum atomic E-state index is 13.9. The minimum absolute atomic E-state index is 0.102. The van der Waals surface area contributed by atoms with Crippen LogP contribution in [-0.2, 0) is 19.6 Å². The highest BCUT2D eigenvalue weighted by Crippen LogP contribution is 2.35. The van der Waals surface area contributed by atoms with E-state index in [1.165, 1.54) is 0 Å². The number of carbonyl (C=O) groups is 1. The van der Waals surface area contributed by atoms with Crippen molar-refractivity contribution in [1.29, 1.82) is 0 Å². The molecular formula is C31H45N3O5S. The number of hydrogen-bond donors (Lipinski definition) is 1. The Morgan fingerprint density at radius 1 is 1.12 bits per heavy atom. The molecule has 2 saturated heterocycles. The van der Waals surface area contributed by atoms with Gasteiger partial charge in [-0.3, -0.25) is 9.69 Å². The van der Waals surface area contributed by atoms with Crippen molar-refractivity contribution in [1.82, 2.24) is 9.21 Å². The van der Waals surface area contributed by atoms with Gasteiger partial charge in [0.15, 0.2) is 0 Å². The number of rotatable bonds is 11. The van der Waals surface area contributed by atoms with Crippen LogP contribution in [0.5, 0.6) is 5.75 Å². The molecule has 0 radical (unpaired) electrons. The van der Waals surface area contributed by atoms with Crippen LogP contribution in [0, 0.1) is 12.8 Å². The van der Waals surface area contributed by atoms with E-state index in [0.29, 0.717) is 30.6 Å². The number of nitrogens with one attached hydrogen (secondary N) is 1. The van der Waals surface area contributed by atoms with E-state index >= 15 is 0 Å². The zero-order valence-corrected chi connectivity index (χ0v) is 25.2. The molecule has 2 aliphatic heterocycles. The fourth-order valence-corrected chi connectivity index (χ4v) is 7.31. The van der Waals surface area contributed by atoms with E-state index in [1.807, 2.05) is 43.3 Å². The topological polar surface area (TPSA) is 88.2 Å². The molecule has 2 aliphatic rings. The monoisotopic (exact) mass is 571 g/mol. The number of anilines is 1. The summed E-state index contributed by atoms with van der Waals surface area (Å²) in [5, 5.41) is 2.98. The maximum Gasteiger partial charge on any atom is 0.243 e. The van der Waals surface area contributed by atoms with Gasteiger partial charge >= 0.3 is 0 Å². The zero-order valence-electron chi connectivity index (χ0n) is 24.4. The number of morpholine rings is 1. The molecule has 9 heteroatoms. The van der Waals surface area contributed by atoms with Gasteiger partial charge in [-0.05, 0) is 81.5 Å². The normalized spacial score (nSPS) is 22.5. The average molecular weight is 572 g/mol. The Balaban J connectivity index is 1.42. The van der Waals surface area contributed by atoms with Gasteiger partial charge in [0, 0.05) is 24.8 Å². The lowest BCUT2D eigenvalue weighted by Gasteiger charge is -2.50. The van der Waals surface area contributed by atoms with Gasteiger partial charge in [-0.25, -0.2) is 8.42 Å². The van der Waals surface area contributed by atoms with Crippen molar-refractivity contribution < 1.29 is 22.7 Å². The van der Waals surface area contributed by atoms with Crippen LogP contribution in [0.2, 0.25) is 0 Å². The summed E-state index contributed by atoms with van der Waals surface area (Å²) in [5.74, 6) is 1.02. The molecule has 4 rings (SSSR count). The molecule has 1 spiro atoms. The Labute approximate surface area is 240 Å². The highest BCUT2D eigenvalue weighted by atomic mass is 32.2. The molecule has 1 amide bonds. The number of likely N-dealkylation sites (tertiary alicyclic amines) is 1. The molecule has 2 heterocycles. The van der Waals surface area contributed by atoms with E-state index < -0.39 is 15.6 Å². The van der Waals surface area contributed by atoms with Gasteiger partial charge < -0.3 is 14.8 Å². The summed E-state index contributed by atoms with van der Waals surface area (Å²) in [5.41, 5.74) is 1.11. The molecule has 0 bridgehead atoms. The number of piperidine rings is 1. The van der Waals surface area contributed by atoms with Gasteiger partial charge in [0.25, 0.3) is 0 Å². The van der Waals surface area contributed by atoms with Crippen LogP contribution in [-0.4, -0.2) is 74.6 Å². The van der Waals surface area contributed by atoms with E-state index in [4.69, 9.17) is 9.47 Å². The quantitative estimate of drug-likeness (QED) is 0.379. The van der Waals surface area contributed by atoms with Crippen LogP contribution in [0.25, 0.3) is 0 Å². The van der Waals surface area contributed by atoms with Gasteiger partial charge in [-0.2, -0.15) is 4.31 Å². The van der Waals surface area contributed by atoms with E-state index in [0.717, 1.165) is 55.6 Å². The predicted octanol–water partition coefficient (Wildman–Crippen LogP) is 5.08. The third-order valence-corrected chi connectivity index (χ3v) is 9.61. The molecule has 1 unspecified atom stereocenters. The smallest absolute Gasteiger partial charge is 0.243 e. The third kappa shape index (κ3) is 7.84. The zero-order chi connectivity index (χ0) is 28.8. The van der Waals surface area contributed by atoms with Gasteiger partial charge in [0.2, 0.25) is 15.9 Å². The molecular weight excluding hydrogens is 526 g/mol. The summed E-state index contributed by atoms with van der Waals surface area (Å²) in [7, 11) is -3.70. The first-order chi connectivity index (χ1) is 19.1. The minimum atomic E-state index is -3.70. The summed E-state index contributed by atoms with van der Waals surface area (Å²) >= 11 is 0. The highest BCUT2D eigenvalue weighted by Gasteiger charge is 2.47. The first-order valence-electron chi connectivity index (χ1n) is 14.6. The molecule has 8 nitrogen and oxygen atoms in total. The Kier molecular flexibility index (Phi) is 10.3. The van der Waals surface area contributed by atoms with Crippen LogP contribution in [0.15, 0.2) is 53.4 Å². The van der Waals surface area contributed by atoms with Gasteiger partial charge in [-0.1, -0.05) is 44.9 Å². The number of ether oxygens (including phenoxy) is 2. The molecule has 0 aromatic heterocycles. The van der Waals surface area contributed by atoms with Crippen LogP contribution < -0.4 is 10.1 Å². The lowest BCUT2D eigenvalue weighted by molar-refractivity contribution is -0.146. The Hall–Kier alpha value is -2.46. The van der Waals surface area contributed by atoms with Crippen LogP contribution in [0.3, 0.4) is 0 Å². The number of nitrogens with zero attached hydrogens (tertiary/aromatic N) is 2. The van der Waals surface area contributed by atoms with Crippen LogP contribution >= 0.6 is 0 Å². The molecule has 2 aromatic rings. The number of unbranched alkanes of at least 4 members (excludes halogenated alkanes) is 1. The summed E-state index contributed by atoms with van der Waals surface area (Å²) in [4.78, 5) is 15.3. The van der Waals surface area contributed by atoms with E-state index in [-0.39, 0.29) is 25.0 Å². The summed E-state index contributed by atoms with van der Waals surface area (Å²) in [6.07, 6.45) is 4.42. The standard InChI is InChI=1S/C31H45N3O5S/c1-5-6-18-38-28-12-10-26(11-13-28)32-30(35)20-33-17-7-16-31(22-33)23-34(27(21-39-31)19-24(2)3)40(36,37)29-14-8-25(4)9-15-29/h8-15,24,27H,5-7,16-23H2,1-4H3,(H,32,35)/t27-,31?/m0/s1. The highest BCUT2D eigenvalue weighted by molar-refractivity contribution is 7.89. The fraction of sp³-hybridized carbons (Fsp3) is 0.581. The van der Waals surface area contributed by atoms with Crippen molar-refractivity contribution in [3.63, 3.8) is 0 Å². The molecule has 0 aliphatic carbocycles. The number of aryl methyl sites for hydroxylation is 1. The van der Waals surface area contributed by atoms with E-state index in [1.54, 1.807) is 16.4 Å². The third-order valence-electron chi connectivity index (χ3n) is 7.69. The second-order valence-corrected chi connectivity index (χ2v) is 13.6. The van der Waals surface area contributed by atoms with Crippen molar-refractivity contribution in [2.75, 3.05) is 44.7 Å². The van der Waals surface area contributed by atoms with Crippen molar-refractivity contribution in [2.45, 2.75) is 76.3 Å². The molecule has 1 N–H and O–H groups in total. The first-order valence-corrected chi connectivity index (χ1v) is 16.0. The first kappa shape index (κ1) is 30.5. The number of sulfonamides is 1. The van der Waals surface area contributed by atoms with E-state index in [9.17, 15) is 13.2 Å². The van der Waals surface area contributed by atoms with E-state index in [2.05, 4.69) is 31.0 Å². The SMILES string of the molecule is CCCCOc1ccc(NC(=O)CN2CCCC3(C2)CN(S(=O)(=O)c2ccc(C)cc2)[C@@H](CC(C)C)CO3)cc1. The van der Waals surface area contributed by atoms with Crippen LogP contribution in [0.4, 0.5) is 5.69 Å². The Bertz CT molecular complexity index is 1220. The average Bonchev–Trinajstić information content (AvgIpc) is 2.91. The van der Waals surface area contributed by atoms with Crippen molar-refractivity contribution in [3.8, 4) is 5.75 Å². The van der Waals surface area contributed by atoms with Crippen LogP contribution in [0.1, 0.15) is 58.4 Å². The van der Waals surface area contributed by atoms with Gasteiger partial charge in [-0.15, -0.1) is 0 Å². The van der Waals surface area contributed by atoms with Gasteiger partial charge in [0.05, 0.1) is 30.3 Å². The number of carbonyl (C=O) groups excluding carboxylic acids is 1. The second kappa shape index (κ2) is 13.5. The van der Waals surface area contributed by atoms with Crippen molar-refractivity contribution >= 4 is 21.6 Å². The van der Waals surface area contributed by atoms with Gasteiger partial charge in [0.1, 0.15) is 5.75 Å². The lowest BCUT2D eigenvalue weighted by Crippen LogP contribution is -2.64. The predicted molar refractivity (Wildman–Crippen MR) is 158 cm³/mol. The largest absolute Gasteiger partial charge is 0.494 e. The Morgan fingerprint density at radius 3 is 2.52 bits per heavy atom. The molecule has 0 saturated carbocycles. The van der Waals surface area contributed by atoms with Crippen molar-refractivity contribution in [2.24, 2.45) is 5.92 Å². The summed E-state index contributed by atoms with van der Waals surface area (Å²) in [6.45, 7) is 11.1. The lowest BCUT2D eigenvalue weighted by atomic mass is 9.89. The maximum absolute atomic E-state index is 13.9. The summed E-state index contributed by atoms with van der Waals surface area (Å²) < 4.78 is 41.6. The number of benzene rings is 2. The molecule has 2 aromatic carbocycles. The molecule has 2 atom stereocenters. The van der Waals surface area contributed by atoms with Crippen molar-refractivity contribution in [3.05, 3.63) is 54.1 Å². The second-order valence-electron chi connectivity index (χ2n) is 11.7. The molecule has 2 fully saturated rings. The Morgan fingerprint density at radius 2 is 1.85 bits per heavy atom. The summed E-state index contributed by atoms with van der Waals surface area (Å²) in [6, 6.07) is 14.3.